The largest absolute Gasteiger partial charge is 0.305 e. The Bertz CT molecular complexity index is 114. The van der Waals surface area contributed by atoms with Gasteiger partial charge in [-0.1, -0.05) is 6.92 Å². The van der Waals surface area contributed by atoms with Crippen LogP contribution in [0.1, 0.15) is 20.3 Å². The van der Waals surface area contributed by atoms with Crippen molar-refractivity contribution in [2.45, 2.75) is 26.3 Å². The molecule has 2 nitrogen and oxygen atoms in total. The molecule has 0 saturated carbocycles. The van der Waals surface area contributed by atoms with E-state index in [0.29, 0.717) is 0 Å². The molecule has 0 aliphatic carbocycles. The number of hydrogen-bond donors (Lipinski definition) is 0. The third-order valence-corrected chi connectivity index (χ3v) is 2.73. The number of rotatable bonds is 1. The summed E-state index contributed by atoms with van der Waals surface area (Å²) in [6, 6.07) is 0.782. The molecule has 1 fully saturated rings. The maximum absolute atomic E-state index is 2.56. The monoisotopic (exact) mass is 156 g/mol. The summed E-state index contributed by atoms with van der Waals surface area (Å²) >= 11 is 0. The molecular formula is C9H20N2. The van der Waals surface area contributed by atoms with Gasteiger partial charge in [-0.05, 0) is 33.5 Å². The van der Waals surface area contributed by atoms with Crippen molar-refractivity contribution in [2.75, 3.05) is 33.2 Å². The fourth-order valence-corrected chi connectivity index (χ4v) is 1.69. The van der Waals surface area contributed by atoms with Gasteiger partial charge in [0, 0.05) is 19.1 Å². The SMILES string of the molecule is CCN1CCN(C)CCC1C. The predicted octanol–water partition coefficient (Wildman–Crippen LogP) is 1.03. The molecule has 0 radical (unpaired) electrons. The zero-order chi connectivity index (χ0) is 8.27. The Morgan fingerprint density at radius 2 is 2.00 bits per heavy atom. The van der Waals surface area contributed by atoms with Gasteiger partial charge in [-0.2, -0.15) is 0 Å². The molecule has 2 heteroatoms. The average Bonchev–Trinajstić information content (AvgIpc) is 2.15. The van der Waals surface area contributed by atoms with E-state index in [-0.39, 0.29) is 0 Å². The quantitative estimate of drug-likeness (QED) is 0.559. The van der Waals surface area contributed by atoms with Gasteiger partial charge in [0.05, 0.1) is 0 Å². The van der Waals surface area contributed by atoms with Crippen LogP contribution in [0.5, 0.6) is 0 Å². The van der Waals surface area contributed by atoms with Crippen LogP contribution in [0.4, 0.5) is 0 Å². The van der Waals surface area contributed by atoms with Crippen LogP contribution in [-0.4, -0.2) is 49.1 Å². The molecule has 0 amide bonds. The molecule has 0 aromatic carbocycles. The molecule has 1 unspecified atom stereocenters. The topological polar surface area (TPSA) is 6.48 Å². The highest BCUT2D eigenvalue weighted by Crippen LogP contribution is 2.08. The summed E-state index contributed by atoms with van der Waals surface area (Å²) in [5.41, 5.74) is 0. The van der Waals surface area contributed by atoms with E-state index in [9.17, 15) is 0 Å². The highest BCUT2D eigenvalue weighted by atomic mass is 15.2. The van der Waals surface area contributed by atoms with Crippen LogP contribution in [0, 0.1) is 0 Å². The lowest BCUT2D eigenvalue weighted by molar-refractivity contribution is 0.229. The molecular weight excluding hydrogens is 136 g/mol. The molecule has 1 heterocycles. The van der Waals surface area contributed by atoms with Crippen molar-refractivity contribution >= 4 is 0 Å². The minimum Gasteiger partial charge on any atom is -0.305 e. The van der Waals surface area contributed by atoms with Crippen molar-refractivity contribution in [2.24, 2.45) is 0 Å². The van der Waals surface area contributed by atoms with E-state index in [1.807, 2.05) is 0 Å². The molecule has 66 valence electrons. The van der Waals surface area contributed by atoms with E-state index >= 15 is 0 Å². The maximum atomic E-state index is 2.56. The zero-order valence-electron chi connectivity index (χ0n) is 8.01. The Morgan fingerprint density at radius 1 is 1.27 bits per heavy atom. The van der Waals surface area contributed by atoms with Crippen molar-refractivity contribution in [3.8, 4) is 0 Å². The third-order valence-electron chi connectivity index (χ3n) is 2.73. The summed E-state index contributed by atoms with van der Waals surface area (Å²) in [4.78, 5) is 4.98. The molecule has 1 saturated heterocycles. The summed E-state index contributed by atoms with van der Waals surface area (Å²) in [5.74, 6) is 0. The third kappa shape index (κ3) is 2.46. The van der Waals surface area contributed by atoms with E-state index in [2.05, 4.69) is 30.7 Å². The van der Waals surface area contributed by atoms with Crippen LogP contribution >= 0.6 is 0 Å². The van der Waals surface area contributed by atoms with Crippen LogP contribution in [0.25, 0.3) is 0 Å². The summed E-state index contributed by atoms with van der Waals surface area (Å²) in [5, 5.41) is 0. The average molecular weight is 156 g/mol. The standard InChI is InChI=1S/C9H20N2/c1-4-11-8-7-10(3)6-5-9(11)2/h9H,4-8H2,1-3H3. The van der Waals surface area contributed by atoms with Crippen LogP contribution in [0.3, 0.4) is 0 Å². The molecule has 0 bridgehead atoms. The fraction of sp³-hybridized carbons (Fsp3) is 1.00. The molecule has 0 N–H and O–H groups in total. The van der Waals surface area contributed by atoms with Gasteiger partial charge in [0.25, 0.3) is 0 Å². The first kappa shape index (κ1) is 9.01. The van der Waals surface area contributed by atoms with Gasteiger partial charge in [0.15, 0.2) is 0 Å². The van der Waals surface area contributed by atoms with Crippen molar-refractivity contribution < 1.29 is 0 Å². The first-order valence-electron chi connectivity index (χ1n) is 4.66. The maximum Gasteiger partial charge on any atom is 0.0112 e. The minimum atomic E-state index is 0.782. The Balaban J connectivity index is 2.41. The van der Waals surface area contributed by atoms with Gasteiger partial charge in [0.1, 0.15) is 0 Å². The van der Waals surface area contributed by atoms with Crippen molar-refractivity contribution in [1.29, 1.82) is 0 Å². The molecule has 1 aliphatic heterocycles. The van der Waals surface area contributed by atoms with Gasteiger partial charge >= 0.3 is 0 Å². The Hall–Kier alpha value is -0.0800. The molecule has 11 heavy (non-hydrogen) atoms. The summed E-state index contributed by atoms with van der Waals surface area (Å²) in [7, 11) is 2.21. The summed E-state index contributed by atoms with van der Waals surface area (Å²) < 4.78 is 0. The molecule has 0 aromatic rings. The molecule has 1 rings (SSSR count). The number of nitrogens with zero attached hydrogens (tertiary/aromatic N) is 2. The lowest BCUT2D eigenvalue weighted by Gasteiger charge is -2.24. The van der Waals surface area contributed by atoms with Gasteiger partial charge in [0.2, 0.25) is 0 Å². The number of likely N-dealkylation sites (N-methyl/N-ethyl adjacent to an activating group) is 2. The van der Waals surface area contributed by atoms with E-state index in [4.69, 9.17) is 0 Å². The normalized spacial score (nSPS) is 30.3. The summed E-state index contributed by atoms with van der Waals surface area (Å²) in [6.45, 7) is 9.53. The second-order valence-electron chi connectivity index (χ2n) is 3.57. The van der Waals surface area contributed by atoms with Gasteiger partial charge in [-0.3, -0.25) is 4.90 Å². The Morgan fingerprint density at radius 3 is 2.64 bits per heavy atom. The summed E-state index contributed by atoms with van der Waals surface area (Å²) in [6.07, 6.45) is 1.32. The van der Waals surface area contributed by atoms with E-state index in [1.165, 1.54) is 32.6 Å². The Labute approximate surface area is 70.2 Å². The molecule has 1 atom stereocenters. The van der Waals surface area contributed by atoms with Crippen molar-refractivity contribution in [3.63, 3.8) is 0 Å². The lowest BCUT2D eigenvalue weighted by atomic mass is 10.2. The van der Waals surface area contributed by atoms with E-state index in [1.54, 1.807) is 0 Å². The van der Waals surface area contributed by atoms with E-state index in [0.717, 1.165) is 6.04 Å². The van der Waals surface area contributed by atoms with Gasteiger partial charge in [-0.25, -0.2) is 0 Å². The van der Waals surface area contributed by atoms with Crippen molar-refractivity contribution in [1.82, 2.24) is 9.80 Å². The second-order valence-corrected chi connectivity index (χ2v) is 3.57. The van der Waals surface area contributed by atoms with Gasteiger partial charge < -0.3 is 4.90 Å². The first-order valence-corrected chi connectivity index (χ1v) is 4.66. The van der Waals surface area contributed by atoms with Crippen LogP contribution in [-0.2, 0) is 0 Å². The van der Waals surface area contributed by atoms with Gasteiger partial charge in [-0.15, -0.1) is 0 Å². The highest BCUT2D eigenvalue weighted by molar-refractivity contribution is 4.72. The smallest absolute Gasteiger partial charge is 0.0112 e. The van der Waals surface area contributed by atoms with Crippen LogP contribution < -0.4 is 0 Å². The molecule has 0 spiro atoms. The van der Waals surface area contributed by atoms with E-state index < -0.39 is 0 Å². The highest BCUT2D eigenvalue weighted by Gasteiger charge is 2.16. The lowest BCUT2D eigenvalue weighted by Crippen LogP contribution is -2.34. The van der Waals surface area contributed by atoms with Crippen molar-refractivity contribution in [3.05, 3.63) is 0 Å². The zero-order valence-corrected chi connectivity index (χ0v) is 8.01. The van der Waals surface area contributed by atoms with Crippen LogP contribution in [0.15, 0.2) is 0 Å². The Kier molecular flexibility index (Phi) is 3.34. The van der Waals surface area contributed by atoms with Crippen LogP contribution in [0.2, 0.25) is 0 Å². The minimum absolute atomic E-state index is 0.782. The first-order chi connectivity index (χ1) is 5.24. The predicted molar refractivity (Wildman–Crippen MR) is 48.8 cm³/mol. The molecule has 0 aromatic heterocycles. The molecule has 1 aliphatic rings. The number of hydrogen-bond acceptors (Lipinski definition) is 2. The second kappa shape index (κ2) is 4.07. The fourth-order valence-electron chi connectivity index (χ4n) is 1.69.